The predicted molar refractivity (Wildman–Crippen MR) is 163 cm³/mol. The number of benzene rings is 1. The van der Waals surface area contributed by atoms with Gasteiger partial charge in [-0.15, -0.1) is 0 Å². The molecule has 228 valence electrons. The number of nitrogens with two attached hydrogens (primary N) is 1. The van der Waals surface area contributed by atoms with Gasteiger partial charge in [0.25, 0.3) is 0 Å². The second-order valence-corrected chi connectivity index (χ2v) is 13.0. The average molecular weight is 580 g/mol. The number of carbonyl (C=O) groups is 1. The highest BCUT2D eigenvalue weighted by atomic mass is 16.8. The smallest absolute Gasteiger partial charge is 0.319 e. The van der Waals surface area contributed by atoms with Gasteiger partial charge in [0, 0.05) is 37.6 Å². The first-order valence-electron chi connectivity index (χ1n) is 14.8. The number of anilines is 2. The summed E-state index contributed by atoms with van der Waals surface area (Å²) in [5.74, 6) is -0.292. The number of nitrogens with zero attached hydrogens (tertiary/aromatic N) is 4. The van der Waals surface area contributed by atoms with Crippen molar-refractivity contribution in [1.82, 2.24) is 24.8 Å². The van der Waals surface area contributed by atoms with E-state index in [4.69, 9.17) is 19.9 Å². The molecular formula is C31H45N7O4. The summed E-state index contributed by atoms with van der Waals surface area (Å²) in [5, 5.41) is 6.68. The number of hydrogen-bond donors (Lipinski definition) is 3. The van der Waals surface area contributed by atoms with Crippen LogP contribution < -0.4 is 16.4 Å². The molecule has 2 amide bonds. The molecule has 0 radical (unpaired) electrons. The maximum absolute atomic E-state index is 12.5. The lowest BCUT2D eigenvalue weighted by Gasteiger charge is -2.31. The first-order chi connectivity index (χ1) is 19.8. The Morgan fingerprint density at radius 2 is 1.83 bits per heavy atom. The van der Waals surface area contributed by atoms with Crippen molar-refractivity contribution < 1.29 is 19.0 Å². The number of hydrogen-bond acceptors (Lipinski definition) is 8. The summed E-state index contributed by atoms with van der Waals surface area (Å²) >= 11 is 0. The van der Waals surface area contributed by atoms with Gasteiger partial charge in [0.05, 0.1) is 5.39 Å². The van der Waals surface area contributed by atoms with Crippen LogP contribution in [0.4, 0.5) is 16.3 Å². The first-order valence-corrected chi connectivity index (χ1v) is 14.8. The molecule has 1 aromatic carbocycles. The molecule has 42 heavy (non-hydrogen) atoms. The van der Waals surface area contributed by atoms with Crippen LogP contribution in [0.15, 0.2) is 42.9 Å². The third-order valence-electron chi connectivity index (χ3n) is 8.00. The molecule has 5 rings (SSSR count). The van der Waals surface area contributed by atoms with Crippen LogP contribution in [-0.4, -0.2) is 75.2 Å². The van der Waals surface area contributed by atoms with Crippen molar-refractivity contribution in [3.05, 3.63) is 48.4 Å². The van der Waals surface area contributed by atoms with Crippen LogP contribution in [0.1, 0.15) is 66.7 Å². The van der Waals surface area contributed by atoms with Gasteiger partial charge < -0.3 is 35.1 Å². The van der Waals surface area contributed by atoms with Crippen LogP contribution >= 0.6 is 0 Å². The van der Waals surface area contributed by atoms with Gasteiger partial charge in [-0.25, -0.2) is 14.8 Å². The zero-order valence-corrected chi connectivity index (χ0v) is 25.8. The number of ether oxygens (including phenoxy) is 3. The summed E-state index contributed by atoms with van der Waals surface area (Å²) in [6, 6.07) is 9.96. The van der Waals surface area contributed by atoms with Crippen molar-refractivity contribution in [2.45, 2.75) is 96.7 Å². The quantitative estimate of drug-likeness (QED) is 0.313. The standard InChI is InChI=1S/C31H45N7O4/c1-19(2)37(15-8-14-33-29(39)36-21-11-9-20(10-12-21)30(3,4)5)17-23-24-25(42-31(6,7)41-24)28(40-23)38-16-13-22-26(32)34-18-35-27(22)38/h9-13,16,18-19,23-25,28H,8,14-15,17H2,1-7H3,(H2,32,34,35)(H2,33,36,39)/t23-,24-,25-,28-/m1/s1. The van der Waals surface area contributed by atoms with Gasteiger partial charge in [-0.2, -0.15) is 0 Å². The first kappa shape index (κ1) is 30.2. The van der Waals surface area contributed by atoms with Crippen molar-refractivity contribution in [2.75, 3.05) is 30.7 Å². The molecule has 0 aliphatic carbocycles. The van der Waals surface area contributed by atoms with Crippen LogP contribution in [0, 0.1) is 0 Å². The van der Waals surface area contributed by atoms with Crippen LogP contribution in [0.25, 0.3) is 11.0 Å². The lowest BCUT2D eigenvalue weighted by atomic mass is 9.87. The second kappa shape index (κ2) is 11.8. The monoisotopic (exact) mass is 579 g/mol. The summed E-state index contributed by atoms with van der Waals surface area (Å²) in [4.78, 5) is 23.4. The Kier molecular flexibility index (Phi) is 8.48. The van der Waals surface area contributed by atoms with Gasteiger partial charge in [-0.1, -0.05) is 32.9 Å². The number of fused-ring (bicyclic) bond motifs is 2. The molecule has 4 heterocycles. The zero-order chi connectivity index (χ0) is 30.2. The molecule has 2 aliphatic heterocycles. The Bertz CT molecular complexity index is 1380. The number of aromatic nitrogens is 3. The molecule has 0 saturated carbocycles. The highest BCUT2D eigenvalue weighted by molar-refractivity contribution is 5.89. The molecule has 2 fully saturated rings. The number of nitrogens with one attached hydrogen (secondary N) is 2. The van der Waals surface area contributed by atoms with E-state index in [0.29, 0.717) is 24.6 Å². The molecular weight excluding hydrogens is 534 g/mol. The van der Waals surface area contributed by atoms with Crippen molar-refractivity contribution >= 4 is 28.6 Å². The molecule has 3 aromatic rings. The summed E-state index contributed by atoms with van der Waals surface area (Å²) in [7, 11) is 0. The number of nitrogen functional groups attached to an aromatic ring is 1. The van der Waals surface area contributed by atoms with E-state index in [2.05, 4.69) is 72.3 Å². The molecule has 2 aromatic heterocycles. The van der Waals surface area contributed by atoms with E-state index in [-0.39, 0.29) is 35.8 Å². The van der Waals surface area contributed by atoms with E-state index in [1.165, 1.54) is 11.9 Å². The Hall–Kier alpha value is -3.25. The molecule has 2 saturated heterocycles. The molecule has 0 spiro atoms. The summed E-state index contributed by atoms with van der Waals surface area (Å²) in [5.41, 5.74) is 8.86. The summed E-state index contributed by atoms with van der Waals surface area (Å²) in [6.45, 7) is 16.7. The Morgan fingerprint density at radius 3 is 2.52 bits per heavy atom. The maximum Gasteiger partial charge on any atom is 0.319 e. The highest BCUT2D eigenvalue weighted by Gasteiger charge is 2.56. The summed E-state index contributed by atoms with van der Waals surface area (Å²) < 4.78 is 21.3. The lowest BCUT2D eigenvalue weighted by molar-refractivity contribution is -0.198. The largest absolute Gasteiger partial charge is 0.383 e. The minimum absolute atomic E-state index is 0.0711. The van der Waals surface area contributed by atoms with E-state index in [9.17, 15) is 4.79 Å². The van der Waals surface area contributed by atoms with Crippen LogP contribution in [0.3, 0.4) is 0 Å². The Labute approximate surface area is 248 Å². The molecule has 2 aliphatic rings. The number of rotatable bonds is 9. The van der Waals surface area contributed by atoms with Crippen molar-refractivity contribution in [3.63, 3.8) is 0 Å². The van der Waals surface area contributed by atoms with Crippen LogP contribution in [-0.2, 0) is 19.6 Å². The topological polar surface area (TPSA) is 129 Å². The van der Waals surface area contributed by atoms with Crippen molar-refractivity contribution in [3.8, 4) is 0 Å². The fraction of sp³-hybridized carbons (Fsp3) is 0.581. The Morgan fingerprint density at radius 1 is 1.12 bits per heavy atom. The van der Waals surface area contributed by atoms with Crippen LogP contribution in [0.2, 0.25) is 0 Å². The fourth-order valence-electron chi connectivity index (χ4n) is 5.73. The van der Waals surface area contributed by atoms with Gasteiger partial charge in [0.15, 0.2) is 12.0 Å². The van der Waals surface area contributed by atoms with E-state index < -0.39 is 12.0 Å². The van der Waals surface area contributed by atoms with Gasteiger partial charge >= 0.3 is 6.03 Å². The van der Waals surface area contributed by atoms with Gasteiger partial charge in [0.1, 0.15) is 36.1 Å². The van der Waals surface area contributed by atoms with Crippen molar-refractivity contribution in [2.24, 2.45) is 0 Å². The third kappa shape index (κ3) is 6.54. The van der Waals surface area contributed by atoms with Crippen LogP contribution in [0.5, 0.6) is 0 Å². The molecule has 4 atom stereocenters. The highest BCUT2D eigenvalue weighted by Crippen LogP contribution is 2.44. The molecule has 0 unspecified atom stereocenters. The van der Waals surface area contributed by atoms with Crippen molar-refractivity contribution in [1.29, 1.82) is 0 Å². The lowest BCUT2D eigenvalue weighted by Crippen LogP contribution is -2.44. The molecule has 11 nitrogen and oxygen atoms in total. The van der Waals surface area contributed by atoms with E-state index in [1.54, 1.807) is 0 Å². The van der Waals surface area contributed by atoms with E-state index in [0.717, 1.165) is 24.0 Å². The molecule has 0 bridgehead atoms. The Balaban J connectivity index is 1.18. The summed E-state index contributed by atoms with van der Waals surface area (Å²) in [6.07, 6.45) is 3.01. The van der Waals surface area contributed by atoms with Gasteiger partial charge in [0.2, 0.25) is 0 Å². The molecule has 11 heteroatoms. The van der Waals surface area contributed by atoms with Gasteiger partial charge in [-0.05, 0) is 63.3 Å². The minimum atomic E-state index is -0.723. The average Bonchev–Trinajstić information content (AvgIpc) is 3.57. The maximum atomic E-state index is 12.5. The molecule has 4 N–H and O–H groups in total. The normalized spacial score (nSPS) is 23.5. The second-order valence-electron chi connectivity index (χ2n) is 13.0. The number of urea groups is 1. The number of carbonyl (C=O) groups excluding carboxylic acids is 1. The minimum Gasteiger partial charge on any atom is -0.383 e. The van der Waals surface area contributed by atoms with Gasteiger partial charge in [-0.3, -0.25) is 4.90 Å². The van der Waals surface area contributed by atoms with E-state index in [1.807, 2.05) is 42.8 Å². The van der Waals surface area contributed by atoms with E-state index >= 15 is 0 Å². The number of amides is 2. The predicted octanol–water partition coefficient (Wildman–Crippen LogP) is 4.65. The zero-order valence-electron chi connectivity index (χ0n) is 25.8. The third-order valence-corrected chi connectivity index (χ3v) is 8.00. The SMILES string of the molecule is CC(C)N(CCCNC(=O)Nc1ccc(C(C)(C)C)cc1)C[C@H]1O[C@@H](n2ccc3c(N)ncnc32)[C@@H]2OC(C)(C)O[C@@H]21. The fourth-order valence-corrected chi connectivity index (χ4v) is 5.73.